The molecule has 0 aliphatic carbocycles. The molecule has 15 heteroatoms. The van der Waals surface area contributed by atoms with Crippen LogP contribution < -0.4 is 4.90 Å². The van der Waals surface area contributed by atoms with Gasteiger partial charge in [-0.15, -0.1) is 0 Å². The number of benzene rings is 2. The van der Waals surface area contributed by atoms with Crippen molar-refractivity contribution >= 4 is 40.8 Å². The highest BCUT2D eigenvalue weighted by molar-refractivity contribution is 6.34. The second-order valence-corrected chi connectivity index (χ2v) is 5.92. The molecule has 0 unspecified atom stereocenters. The summed E-state index contributed by atoms with van der Waals surface area (Å²) in [5.41, 5.74) is -8.76. The lowest BCUT2D eigenvalue weighted by molar-refractivity contribution is -0.394. The number of hydrogen-bond acceptors (Lipinski definition) is 5. The monoisotopic (exact) mass is 457 g/mol. The molecule has 0 aliphatic rings. The van der Waals surface area contributed by atoms with Crippen LogP contribution >= 0.6 is 11.6 Å². The van der Waals surface area contributed by atoms with Crippen molar-refractivity contribution in [1.29, 1.82) is 0 Å². The van der Waals surface area contributed by atoms with Gasteiger partial charge in [-0.3, -0.25) is 29.9 Å². The third-order valence-corrected chi connectivity index (χ3v) is 3.99. The van der Waals surface area contributed by atoms with Crippen LogP contribution in [-0.2, 0) is 17.1 Å². The molecule has 2 rings (SSSR count). The lowest BCUT2D eigenvalue weighted by Crippen LogP contribution is -2.22. The maximum Gasteiger partial charge on any atom is 0.418 e. The molecule has 0 spiro atoms. The second-order valence-electron chi connectivity index (χ2n) is 5.51. The van der Waals surface area contributed by atoms with E-state index in [9.17, 15) is 51.4 Å². The Hall–Kier alpha value is -3.42. The molecule has 0 saturated heterocycles. The Balaban J connectivity index is 2.95. The molecule has 0 atom stereocenters. The average Bonchev–Trinajstić information content (AvgIpc) is 2.61. The van der Waals surface area contributed by atoms with Crippen LogP contribution in [0.5, 0.6) is 0 Å². The van der Waals surface area contributed by atoms with Gasteiger partial charge in [0.1, 0.15) is 5.69 Å². The molecular weight excluding hydrogens is 452 g/mol. The van der Waals surface area contributed by atoms with Crippen molar-refractivity contribution in [3.8, 4) is 0 Å². The fourth-order valence-corrected chi connectivity index (χ4v) is 2.63. The number of anilines is 2. The number of amides is 1. The van der Waals surface area contributed by atoms with E-state index in [2.05, 4.69) is 0 Å². The minimum absolute atomic E-state index is 0.0830. The van der Waals surface area contributed by atoms with Crippen LogP contribution in [0, 0.1) is 20.2 Å². The molecule has 0 aliphatic heterocycles. The first-order chi connectivity index (χ1) is 13.7. The van der Waals surface area contributed by atoms with Gasteiger partial charge in [0.2, 0.25) is 6.41 Å². The third-order valence-electron chi connectivity index (χ3n) is 3.67. The van der Waals surface area contributed by atoms with E-state index in [0.717, 1.165) is 0 Å². The predicted octanol–water partition coefficient (Wildman–Crippen LogP) is 5.49. The van der Waals surface area contributed by atoms with Crippen molar-refractivity contribution in [1.82, 2.24) is 0 Å². The smallest absolute Gasteiger partial charge is 0.278 e. The van der Waals surface area contributed by atoms with E-state index in [0.29, 0.717) is 12.1 Å². The summed E-state index contributed by atoms with van der Waals surface area (Å²) in [5.74, 6) is 0. The third kappa shape index (κ3) is 4.42. The summed E-state index contributed by atoms with van der Waals surface area (Å²) in [4.78, 5) is 30.8. The lowest BCUT2D eigenvalue weighted by atomic mass is 10.1. The van der Waals surface area contributed by atoms with Gasteiger partial charge in [0.05, 0.1) is 37.7 Å². The molecule has 0 aromatic heterocycles. The molecule has 0 radical (unpaired) electrons. The summed E-state index contributed by atoms with van der Waals surface area (Å²) in [5, 5.41) is 21.5. The molecule has 2 aromatic carbocycles. The number of carbonyl (C=O) groups excluding carboxylic acids is 1. The fourth-order valence-electron chi connectivity index (χ4n) is 2.42. The van der Waals surface area contributed by atoms with Crippen LogP contribution in [-0.4, -0.2) is 16.3 Å². The quantitative estimate of drug-likeness (QED) is 0.255. The Bertz CT molecular complexity index is 1040. The first-order valence-electron chi connectivity index (χ1n) is 7.33. The highest BCUT2D eigenvalue weighted by Gasteiger charge is 2.42. The maximum atomic E-state index is 13.5. The number of nitro benzene ring substituents is 2. The van der Waals surface area contributed by atoms with E-state index in [1.165, 1.54) is 0 Å². The largest absolute Gasteiger partial charge is 0.418 e. The maximum absolute atomic E-state index is 13.5. The standard InChI is InChI=1S/C15H6ClF6N3O5/c16-10-2-1-7(14(17,18)19)3-11(10)23(6-26)13-9(15(20,21)22)4-8(24(27)28)5-12(13)25(29)30/h1-6H. The Labute approximate surface area is 166 Å². The number of non-ortho nitro benzene ring substituents is 1. The number of hydrogen-bond donors (Lipinski definition) is 0. The minimum Gasteiger partial charge on any atom is -0.278 e. The number of nitrogens with zero attached hydrogens (tertiary/aromatic N) is 3. The van der Waals surface area contributed by atoms with Gasteiger partial charge in [-0.25, -0.2) is 0 Å². The number of alkyl halides is 6. The van der Waals surface area contributed by atoms with Gasteiger partial charge >= 0.3 is 18.0 Å². The summed E-state index contributed by atoms with van der Waals surface area (Å²) < 4.78 is 79.5. The van der Waals surface area contributed by atoms with Crippen LogP contribution in [0.1, 0.15) is 11.1 Å². The predicted molar refractivity (Wildman–Crippen MR) is 89.4 cm³/mol. The van der Waals surface area contributed by atoms with Crippen LogP contribution in [0.3, 0.4) is 0 Å². The normalized spacial score (nSPS) is 11.8. The number of rotatable bonds is 5. The molecule has 8 nitrogen and oxygen atoms in total. The van der Waals surface area contributed by atoms with E-state index in [1.54, 1.807) is 0 Å². The number of carbonyl (C=O) groups is 1. The summed E-state index contributed by atoms with van der Waals surface area (Å²) in [6.45, 7) is 0. The van der Waals surface area contributed by atoms with Crippen molar-refractivity contribution in [2.45, 2.75) is 12.4 Å². The molecule has 0 N–H and O–H groups in total. The van der Waals surface area contributed by atoms with Crippen molar-refractivity contribution in [3.63, 3.8) is 0 Å². The first-order valence-corrected chi connectivity index (χ1v) is 7.71. The molecule has 0 fully saturated rings. The van der Waals surface area contributed by atoms with Gasteiger partial charge in [0.25, 0.3) is 5.69 Å². The topological polar surface area (TPSA) is 107 Å². The minimum atomic E-state index is -5.46. The molecule has 0 heterocycles. The Morgan fingerprint density at radius 3 is 1.97 bits per heavy atom. The molecule has 0 bridgehead atoms. The van der Waals surface area contributed by atoms with E-state index in [4.69, 9.17) is 11.6 Å². The van der Waals surface area contributed by atoms with Crippen molar-refractivity contribution in [2.24, 2.45) is 0 Å². The van der Waals surface area contributed by atoms with Crippen LogP contribution in [0.15, 0.2) is 30.3 Å². The molecular formula is C15H6ClF6N3O5. The first kappa shape index (κ1) is 22.9. The van der Waals surface area contributed by atoms with Gasteiger partial charge in [-0.1, -0.05) is 11.6 Å². The van der Waals surface area contributed by atoms with Crippen molar-refractivity contribution in [3.05, 3.63) is 66.7 Å². The average molecular weight is 458 g/mol. The highest BCUT2D eigenvalue weighted by atomic mass is 35.5. The van der Waals surface area contributed by atoms with Crippen LogP contribution in [0.25, 0.3) is 0 Å². The van der Waals surface area contributed by atoms with Gasteiger partial charge in [-0.05, 0) is 18.2 Å². The Kier molecular flexibility index (Phi) is 5.93. The summed E-state index contributed by atoms with van der Waals surface area (Å²) in [6, 6.07) is 1.37. The SMILES string of the molecule is O=CN(c1cc(C(F)(F)F)ccc1Cl)c1c([N+](=O)[O-])cc([N+](=O)[O-])cc1C(F)(F)F. The van der Waals surface area contributed by atoms with E-state index in [-0.39, 0.29) is 23.1 Å². The van der Waals surface area contributed by atoms with Crippen molar-refractivity contribution < 1.29 is 41.0 Å². The zero-order chi connectivity index (χ0) is 23.0. The van der Waals surface area contributed by atoms with Crippen molar-refractivity contribution in [2.75, 3.05) is 4.90 Å². The lowest BCUT2D eigenvalue weighted by Gasteiger charge is -2.23. The Morgan fingerprint density at radius 1 is 0.933 bits per heavy atom. The highest BCUT2D eigenvalue weighted by Crippen LogP contribution is 2.47. The zero-order valence-electron chi connectivity index (χ0n) is 14.0. The summed E-state index contributed by atoms with van der Waals surface area (Å²) in [7, 11) is 0. The zero-order valence-corrected chi connectivity index (χ0v) is 14.7. The molecule has 2 aromatic rings. The number of nitro groups is 2. The molecule has 160 valence electrons. The van der Waals surface area contributed by atoms with Gasteiger partial charge in [-0.2, -0.15) is 26.3 Å². The van der Waals surface area contributed by atoms with E-state index in [1.807, 2.05) is 0 Å². The van der Waals surface area contributed by atoms with Gasteiger partial charge in [0, 0.05) is 6.07 Å². The second kappa shape index (κ2) is 7.78. The van der Waals surface area contributed by atoms with Gasteiger partial charge < -0.3 is 0 Å². The molecule has 1 amide bonds. The van der Waals surface area contributed by atoms with E-state index >= 15 is 0 Å². The Morgan fingerprint density at radius 2 is 1.53 bits per heavy atom. The molecule has 0 saturated carbocycles. The summed E-state index contributed by atoms with van der Waals surface area (Å²) >= 11 is 5.72. The fraction of sp³-hybridized carbons (Fsp3) is 0.133. The molecule has 30 heavy (non-hydrogen) atoms. The van der Waals surface area contributed by atoms with Crippen LogP contribution in [0.2, 0.25) is 5.02 Å². The van der Waals surface area contributed by atoms with E-state index < -0.39 is 67.5 Å². The summed E-state index contributed by atoms with van der Waals surface area (Å²) in [6.07, 6.45) is -10.9. The number of halogens is 7. The van der Waals surface area contributed by atoms with Crippen LogP contribution in [0.4, 0.5) is 49.1 Å². The van der Waals surface area contributed by atoms with Gasteiger partial charge in [0.15, 0.2) is 0 Å².